The third-order valence-electron chi connectivity index (χ3n) is 2.83. The number of aliphatic carboxylic acids is 1. The van der Waals surface area contributed by atoms with Gasteiger partial charge in [-0.1, -0.05) is 17.7 Å². The molecule has 0 fully saturated rings. The third kappa shape index (κ3) is 1.84. The summed E-state index contributed by atoms with van der Waals surface area (Å²) in [6.07, 6.45) is 1.46. The Morgan fingerprint density at radius 2 is 2.27 bits per heavy atom. The minimum absolute atomic E-state index is 0.365. The number of hydrogen-bond donors (Lipinski definition) is 1. The Bertz CT molecular complexity index is 415. The van der Waals surface area contributed by atoms with Crippen LogP contribution in [0.1, 0.15) is 29.0 Å². The lowest BCUT2D eigenvalue weighted by Crippen LogP contribution is -2.07. The van der Waals surface area contributed by atoms with Crippen molar-refractivity contribution >= 4 is 29.2 Å². The van der Waals surface area contributed by atoms with Gasteiger partial charge < -0.3 is 5.11 Å². The second-order valence-corrected chi connectivity index (χ2v) is 4.38. The van der Waals surface area contributed by atoms with Crippen molar-refractivity contribution in [2.75, 3.05) is 0 Å². The quantitative estimate of drug-likeness (QED) is 0.812. The Morgan fingerprint density at radius 1 is 1.53 bits per heavy atom. The number of hydrogen-bond acceptors (Lipinski definition) is 1. The van der Waals surface area contributed by atoms with Gasteiger partial charge in [-0.05, 0) is 35.6 Å². The van der Waals surface area contributed by atoms with Gasteiger partial charge in [-0.15, -0.1) is 11.6 Å². The first-order valence-electron chi connectivity index (χ1n) is 4.73. The molecule has 0 amide bonds. The van der Waals surface area contributed by atoms with Gasteiger partial charge in [0.05, 0.1) is 5.92 Å². The molecule has 0 saturated heterocycles. The lowest BCUT2D eigenvalue weighted by molar-refractivity contribution is -0.138. The van der Waals surface area contributed by atoms with Gasteiger partial charge in [0.2, 0.25) is 0 Å². The Labute approximate surface area is 97.8 Å². The van der Waals surface area contributed by atoms with E-state index in [4.69, 9.17) is 28.3 Å². The topological polar surface area (TPSA) is 37.3 Å². The van der Waals surface area contributed by atoms with Gasteiger partial charge in [-0.25, -0.2) is 0 Å². The van der Waals surface area contributed by atoms with Crippen LogP contribution in [0.2, 0.25) is 5.02 Å². The van der Waals surface area contributed by atoms with Crippen molar-refractivity contribution in [3.63, 3.8) is 0 Å². The smallest absolute Gasteiger partial charge is 0.310 e. The van der Waals surface area contributed by atoms with Crippen LogP contribution in [0.15, 0.2) is 12.1 Å². The summed E-state index contributed by atoms with van der Waals surface area (Å²) >= 11 is 11.7. The van der Waals surface area contributed by atoms with E-state index in [9.17, 15) is 4.79 Å². The lowest BCUT2D eigenvalue weighted by atomic mass is 10.0. The highest BCUT2D eigenvalue weighted by Crippen LogP contribution is 2.36. The molecule has 0 spiro atoms. The van der Waals surface area contributed by atoms with Crippen LogP contribution >= 0.6 is 23.2 Å². The van der Waals surface area contributed by atoms with E-state index < -0.39 is 11.9 Å². The number of benzene rings is 1. The van der Waals surface area contributed by atoms with Crippen LogP contribution in [0.25, 0.3) is 0 Å². The standard InChI is InChI=1S/C11H10Cl2O2/c12-5-7-3-6-1-2-8(11(14)15)9(6)4-10(7)13/h3-4,8H,1-2,5H2,(H,14,15). The van der Waals surface area contributed by atoms with Crippen LogP contribution in [0.4, 0.5) is 0 Å². The monoisotopic (exact) mass is 244 g/mol. The molecule has 1 N–H and O–H groups in total. The summed E-state index contributed by atoms with van der Waals surface area (Å²) in [5.74, 6) is -0.811. The molecule has 80 valence electrons. The van der Waals surface area contributed by atoms with E-state index in [2.05, 4.69) is 0 Å². The number of fused-ring (bicyclic) bond motifs is 1. The average molecular weight is 245 g/mol. The number of carboxylic acids is 1. The van der Waals surface area contributed by atoms with E-state index in [1.165, 1.54) is 0 Å². The van der Waals surface area contributed by atoms with Gasteiger partial charge in [-0.2, -0.15) is 0 Å². The predicted octanol–water partition coefficient (Wildman–Crippen LogP) is 3.19. The number of halogens is 2. The van der Waals surface area contributed by atoms with Gasteiger partial charge in [0.15, 0.2) is 0 Å². The van der Waals surface area contributed by atoms with E-state index in [0.717, 1.165) is 23.1 Å². The van der Waals surface area contributed by atoms with Crippen molar-refractivity contribution in [3.8, 4) is 0 Å². The lowest BCUT2D eigenvalue weighted by Gasteiger charge is -2.08. The zero-order valence-electron chi connectivity index (χ0n) is 7.96. The molecule has 15 heavy (non-hydrogen) atoms. The van der Waals surface area contributed by atoms with Crippen molar-refractivity contribution in [3.05, 3.63) is 33.8 Å². The maximum Gasteiger partial charge on any atom is 0.310 e. The summed E-state index contributed by atoms with van der Waals surface area (Å²) in [5.41, 5.74) is 2.80. The molecule has 1 atom stereocenters. The molecule has 0 heterocycles. The fourth-order valence-corrected chi connectivity index (χ4v) is 2.57. The van der Waals surface area contributed by atoms with E-state index in [1.807, 2.05) is 6.07 Å². The third-order valence-corrected chi connectivity index (χ3v) is 3.47. The second-order valence-electron chi connectivity index (χ2n) is 3.71. The SMILES string of the molecule is O=C(O)C1CCc2cc(CCl)c(Cl)cc21. The molecule has 1 aliphatic rings. The summed E-state index contributed by atoms with van der Waals surface area (Å²) in [4.78, 5) is 11.0. The molecule has 1 unspecified atom stereocenters. The molecule has 0 aliphatic heterocycles. The van der Waals surface area contributed by atoms with Crippen LogP contribution in [0.3, 0.4) is 0 Å². The molecular formula is C11H10Cl2O2. The molecule has 0 saturated carbocycles. The van der Waals surface area contributed by atoms with Crippen LogP contribution in [0.5, 0.6) is 0 Å². The van der Waals surface area contributed by atoms with Crippen molar-refractivity contribution in [2.24, 2.45) is 0 Å². The highest BCUT2D eigenvalue weighted by molar-refractivity contribution is 6.32. The van der Waals surface area contributed by atoms with Crippen molar-refractivity contribution in [2.45, 2.75) is 24.6 Å². The molecule has 1 aliphatic carbocycles. The first-order chi connectivity index (χ1) is 7.13. The van der Waals surface area contributed by atoms with Gasteiger partial charge in [-0.3, -0.25) is 4.79 Å². The molecule has 1 aromatic rings. The Morgan fingerprint density at radius 3 is 2.87 bits per heavy atom. The number of carboxylic acid groups (broad SMARTS) is 1. The van der Waals surface area contributed by atoms with Crippen LogP contribution in [0, 0.1) is 0 Å². The summed E-state index contributed by atoms with van der Waals surface area (Å²) in [7, 11) is 0. The second kappa shape index (κ2) is 4.03. The fraction of sp³-hybridized carbons (Fsp3) is 0.364. The normalized spacial score (nSPS) is 18.9. The van der Waals surface area contributed by atoms with Gasteiger partial charge in [0.25, 0.3) is 0 Å². The highest BCUT2D eigenvalue weighted by atomic mass is 35.5. The number of alkyl halides is 1. The van der Waals surface area contributed by atoms with Gasteiger partial charge >= 0.3 is 5.97 Å². The van der Waals surface area contributed by atoms with Crippen LogP contribution in [-0.4, -0.2) is 11.1 Å². The number of rotatable bonds is 2. The number of carbonyl (C=O) groups is 1. The van der Waals surface area contributed by atoms with E-state index >= 15 is 0 Å². The number of aryl methyl sites for hydroxylation is 1. The maximum absolute atomic E-state index is 11.0. The first-order valence-corrected chi connectivity index (χ1v) is 5.64. The zero-order chi connectivity index (χ0) is 11.0. The van der Waals surface area contributed by atoms with E-state index in [-0.39, 0.29) is 0 Å². The molecule has 0 bridgehead atoms. The average Bonchev–Trinajstić information content (AvgIpc) is 2.59. The van der Waals surface area contributed by atoms with Gasteiger partial charge in [0, 0.05) is 10.9 Å². The van der Waals surface area contributed by atoms with Crippen molar-refractivity contribution < 1.29 is 9.90 Å². The molecule has 0 aromatic heterocycles. The summed E-state index contributed by atoms with van der Waals surface area (Å²) < 4.78 is 0. The van der Waals surface area contributed by atoms with Crippen molar-refractivity contribution in [1.29, 1.82) is 0 Å². The first kappa shape index (κ1) is 10.8. The molecule has 2 nitrogen and oxygen atoms in total. The molecule has 4 heteroatoms. The fourth-order valence-electron chi connectivity index (χ4n) is 2.04. The Hall–Kier alpha value is -0.730. The summed E-state index contributed by atoms with van der Waals surface area (Å²) in [6.45, 7) is 0. The Kier molecular flexibility index (Phi) is 2.89. The van der Waals surface area contributed by atoms with E-state index in [0.29, 0.717) is 17.3 Å². The predicted molar refractivity (Wildman–Crippen MR) is 59.7 cm³/mol. The van der Waals surface area contributed by atoms with Crippen molar-refractivity contribution in [1.82, 2.24) is 0 Å². The molecule has 1 aromatic carbocycles. The van der Waals surface area contributed by atoms with E-state index in [1.54, 1.807) is 6.07 Å². The summed E-state index contributed by atoms with van der Waals surface area (Å²) in [5, 5.41) is 9.57. The van der Waals surface area contributed by atoms with Gasteiger partial charge in [0.1, 0.15) is 0 Å². The maximum atomic E-state index is 11.0. The molecule has 0 radical (unpaired) electrons. The van der Waals surface area contributed by atoms with Crippen LogP contribution in [-0.2, 0) is 17.1 Å². The minimum Gasteiger partial charge on any atom is -0.481 e. The zero-order valence-corrected chi connectivity index (χ0v) is 9.48. The summed E-state index contributed by atoms with van der Waals surface area (Å²) in [6, 6.07) is 3.67. The molecule has 2 rings (SSSR count). The minimum atomic E-state index is -0.775. The Balaban J connectivity index is 2.47. The largest absolute Gasteiger partial charge is 0.481 e. The highest BCUT2D eigenvalue weighted by Gasteiger charge is 2.29. The molecular weight excluding hydrogens is 235 g/mol. The van der Waals surface area contributed by atoms with Crippen LogP contribution < -0.4 is 0 Å².